The average Bonchev–Trinajstić information content (AvgIpc) is 2.73. The molecule has 1 saturated heterocycles. The van der Waals surface area contributed by atoms with Crippen molar-refractivity contribution in [2.24, 2.45) is 17.1 Å². The Morgan fingerprint density at radius 1 is 1.39 bits per heavy atom. The second-order valence-electron chi connectivity index (χ2n) is 5.16. The van der Waals surface area contributed by atoms with Gasteiger partial charge in [0.25, 0.3) is 0 Å². The highest BCUT2D eigenvalue weighted by molar-refractivity contribution is 5.84. The number of carboxylic acid groups (broad SMARTS) is 1. The number of amides is 1. The second kappa shape index (κ2) is 5.69. The van der Waals surface area contributed by atoms with Gasteiger partial charge in [-0.25, -0.2) is 0 Å². The Bertz CT molecular complexity index is 318. The molecule has 1 rings (SSSR count). The molecule has 5 heteroatoms. The van der Waals surface area contributed by atoms with E-state index in [-0.39, 0.29) is 11.9 Å². The fourth-order valence-corrected chi connectivity index (χ4v) is 2.79. The predicted molar refractivity (Wildman–Crippen MR) is 69.0 cm³/mol. The summed E-state index contributed by atoms with van der Waals surface area (Å²) in [6.07, 6.45) is 1.93. The number of carbonyl (C=O) groups is 2. The van der Waals surface area contributed by atoms with E-state index in [1.807, 2.05) is 20.8 Å². The van der Waals surface area contributed by atoms with Crippen LogP contribution in [-0.4, -0.2) is 41.0 Å². The van der Waals surface area contributed by atoms with E-state index in [1.54, 1.807) is 4.90 Å². The van der Waals surface area contributed by atoms with Gasteiger partial charge in [0.2, 0.25) is 5.91 Å². The van der Waals surface area contributed by atoms with Gasteiger partial charge in [-0.2, -0.15) is 0 Å². The summed E-state index contributed by atoms with van der Waals surface area (Å²) in [6, 6.07) is -0.237. The lowest BCUT2D eigenvalue weighted by Gasteiger charge is -2.35. The lowest BCUT2D eigenvalue weighted by molar-refractivity contribution is -0.146. The first kappa shape index (κ1) is 15.0. The SMILES string of the molecule is CCC(CC)(CN)C(=O)N1CCC(C(=O)O)C1C. The summed E-state index contributed by atoms with van der Waals surface area (Å²) >= 11 is 0. The number of hydrogen-bond acceptors (Lipinski definition) is 3. The van der Waals surface area contributed by atoms with Crippen LogP contribution in [0.1, 0.15) is 40.0 Å². The van der Waals surface area contributed by atoms with E-state index < -0.39 is 17.3 Å². The molecule has 18 heavy (non-hydrogen) atoms. The zero-order valence-corrected chi connectivity index (χ0v) is 11.5. The zero-order valence-electron chi connectivity index (χ0n) is 11.5. The Hall–Kier alpha value is -1.10. The highest BCUT2D eigenvalue weighted by Gasteiger charge is 2.44. The van der Waals surface area contributed by atoms with Crippen LogP contribution in [-0.2, 0) is 9.59 Å². The fourth-order valence-electron chi connectivity index (χ4n) is 2.79. The van der Waals surface area contributed by atoms with E-state index in [4.69, 9.17) is 10.8 Å². The van der Waals surface area contributed by atoms with Gasteiger partial charge in [-0.3, -0.25) is 9.59 Å². The molecule has 0 aromatic heterocycles. The largest absolute Gasteiger partial charge is 0.481 e. The maximum absolute atomic E-state index is 12.6. The summed E-state index contributed by atoms with van der Waals surface area (Å²) in [5.74, 6) is -1.24. The van der Waals surface area contributed by atoms with Crippen LogP contribution in [0.4, 0.5) is 0 Å². The van der Waals surface area contributed by atoms with Crippen molar-refractivity contribution in [2.45, 2.75) is 46.1 Å². The summed E-state index contributed by atoms with van der Waals surface area (Å²) in [5, 5.41) is 9.09. The first-order valence-corrected chi connectivity index (χ1v) is 6.67. The van der Waals surface area contributed by atoms with E-state index >= 15 is 0 Å². The van der Waals surface area contributed by atoms with Crippen molar-refractivity contribution in [3.05, 3.63) is 0 Å². The monoisotopic (exact) mass is 256 g/mol. The maximum atomic E-state index is 12.6. The molecular weight excluding hydrogens is 232 g/mol. The predicted octanol–water partition coefficient (Wildman–Crippen LogP) is 1.07. The van der Waals surface area contributed by atoms with Gasteiger partial charge in [0.05, 0.1) is 11.3 Å². The van der Waals surface area contributed by atoms with E-state index in [0.717, 1.165) is 0 Å². The summed E-state index contributed by atoms with van der Waals surface area (Å²) in [5.41, 5.74) is 5.25. The molecule has 104 valence electrons. The number of hydrogen-bond donors (Lipinski definition) is 2. The van der Waals surface area contributed by atoms with Crippen LogP contribution in [0.15, 0.2) is 0 Å². The molecule has 1 fully saturated rings. The van der Waals surface area contributed by atoms with Crippen molar-refractivity contribution in [1.82, 2.24) is 4.90 Å². The number of carboxylic acids is 1. The van der Waals surface area contributed by atoms with Crippen LogP contribution < -0.4 is 5.73 Å². The maximum Gasteiger partial charge on any atom is 0.308 e. The van der Waals surface area contributed by atoms with Crippen molar-refractivity contribution in [3.8, 4) is 0 Å². The second-order valence-corrected chi connectivity index (χ2v) is 5.16. The Morgan fingerprint density at radius 2 is 1.94 bits per heavy atom. The third kappa shape index (κ3) is 2.36. The molecule has 5 nitrogen and oxygen atoms in total. The van der Waals surface area contributed by atoms with E-state index in [2.05, 4.69) is 0 Å². The highest BCUT2D eigenvalue weighted by atomic mass is 16.4. The van der Waals surface area contributed by atoms with Crippen molar-refractivity contribution >= 4 is 11.9 Å². The smallest absolute Gasteiger partial charge is 0.308 e. The average molecular weight is 256 g/mol. The molecule has 0 aromatic carbocycles. The zero-order chi connectivity index (χ0) is 13.9. The first-order chi connectivity index (χ1) is 8.43. The summed E-state index contributed by atoms with van der Waals surface area (Å²) in [6.45, 7) is 6.59. The molecule has 1 heterocycles. The lowest BCUT2D eigenvalue weighted by Crippen LogP contribution is -2.49. The molecule has 0 spiro atoms. The molecular formula is C13H24N2O3. The Balaban J connectivity index is 2.88. The molecule has 0 aromatic rings. The Kier molecular flexibility index (Phi) is 4.73. The topological polar surface area (TPSA) is 83.6 Å². The van der Waals surface area contributed by atoms with Crippen LogP contribution >= 0.6 is 0 Å². The number of aliphatic carboxylic acids is 1. The van der Waals surface area contributed by atoms with Gasteiger partial charge in [0.1, 0.15) is 0 Å². The Morgan fingerprint density at radius 3 is 2.28 bits per heavy atom. The lowest BCUT2D eigenvalue weighted by atomic mass is 9.80. The van der Waals surface area contributed by atoms with Gasteiger partial charge in [-0.1, -0.05) is 13.8 Å². The van der Waals surface area contributed by atoms with Crippen LogP contribution in [0.5, 0.6) is 0 Å². The molecule has 0 bridgehead atoms. The fraction of sp³-hybridized carbons (Fsp3) is 0.846. The van der Waals surface area contributed by atoms with Crippen molar-refractivity contribution in [2.75, 3.05) is 13.1 Å². The van der Waals surface area contributed by atoms with Crippen molar-refractivity contribution in [1.29, 1.82) is 0 Å². The third-order valence-corrected chi connectivity index (χ3v) is 4.53. The Labute approximate surface area is 108 Å². The quantitative estimate of drug-likeness (QED) is 0.770. The van der Waals surface area contributed by atoms with Crippen LogP contribution in [0.3, 0.4) is 0 Å². The summed E-state index contributed by atoms with van der Waals surface area (Å²) < 4.78 is 0. The number of rotatable bonds is 5. The molecule has 1 aliphatic heterocycles. The van der Waals surface area contributed by atoms with E-state index in [1.165, 1.54) is 0 Å². The van der Waals surface area contributed by atoms with E-state index in [9.17, 15) is 9.59 Å². The van der Waals surface area contributed by atoms with Gasteiger partial charge in [-0.15, -0.1) is 0 Å². The summed E-state index contributed by atoms with van der Waals surface area (Å²) in [4.78, 5) is 25.4. The van der Waals surface area contributed by atoms with Gasteiger partial charge in [0.15, 0.2) is 0 Å². The summed E-state index contributed by atoms with van der Waals surface area (Å²) in [7, 11) is 0. The number of nitrogens with two attached hydrogens (primary N) is 1. The molecule has 1 aliphatic rings. The first-order valence-electron chi connectivity index (χ1n) is 6.67. The van der Waals surface area contributed by atoms with Gasteiger partial charge >= 0.3 is 5.97 Å². The standard InChI is InChI=1S/C13H24N2O3/c1-4-13(5-2,8-14)12(18)15-7-6-10(9(15)3)11(16)17/h9-10H,4-8,14H2,1-3H3,(H,16,17). The third-order valence-electron chi connectivity index (χ3n) is 4.53. The van der Waals surface area contributed by atoms with Gasteiger partial charge in [-0.05, 0) is 26.2 Å². The van der Waals surface area contributed by atoms with Gasteiger partial charge in [0, 0.05) is 19.1 Å². The van der Waals surface area contributed by atoms with Crippen LogP contribution in [0.2, 0.25) is 0 Å². The van der Waals surface area contributed by atoms with Crippen molar-refractivity contribution < 1.29 is 14.7 Å². The minimum absolute atomic E-state index is 0.0197. The molecule has 0 aliphatic carbocycles. The molecule has 2 unspecified atom stereocenters. The minimum atomic E-state index is -0.816. The highest BCUT2D eigenvalue weighted by Crippen LogP contribution is 2.33. The number of nitrogens with zero attached hydrogens (tertiary/aromatic N) is 1. The normalized spacial score (nSPS) is 24.3. The van der Waals surface area contributed by atoms with Gasteiger partial charge < -0.3 is 15.7 Å². The molecule has 0 saturated carbocycles. The van der Waals surface area contributed by atoms with E-state index in [0.29, 0.717) is 32.4 Å². The van der Waals surface area contributed by atoms with Crippen LogP contribution in [0, 0.1) is 11.3 Å². The van der Waals surface area contributed by atoms with Crippen LogP contribution in [0.25, 0.3) is 0 Å². The molecule has 3 N–H and O–H groups in total. The minimum Gasteiger partial charge on any atom is -0.481 e. The molecule has 2 atom stereocenters. The molecule has 1 amide bonds. The van der Waals surface area contributed by atoms with Crippen molar-refractivity contribution in [3.63, 3.8) is 0 Å². The number of likely N-dealkylation sites (tertiary alicyclic amines) is 1. The molecule has 0 radical (unpaired) electrons. The number of carbonyl (C=O) groups excluding carboxylic acids is 1.